The van der Waals surface area contributed by atoms with E-state index in [0.717, 1.165) is 62.1 Å². The van der Waals surface area contributed by atoms with Crippen molar-refractivity contribution in [2.75, 3.05) is 25.0 Å². The Morgan fingerprint density at radius 1 is 1.10 bits per heavy atom. The SMILES string of the molecule is CCC(O)OC(C)OC(=O)c1sc(-c2ccccc2)cc1N(C(=O)C1CCC(C)CC1)C1CCN(C)CC1.Cl. The average molecular weight is 579 g/mol. The van der Waals surface area contributed by atoms with Gasteiger partial charge < -0.3 is 24.4 Å². The highest BCUT2D eigenvalue weighted by molar-refractivity contribution is 7.18. The largest absolute Gasteiger partial charge is 0.432 e. The summed E-state index contributed by atoms with van der Waals surface area (Å²) in [5.41, 5.74) is 1.63. The molecule has 1 aromatic carbocycles. The first-order chi connectivity index (χ1) is 18.3. The topological polar surface area (TPSA) is 79.3 Å². The number of anilines is 1. The number of nitrogens with zero attached hydrogens (tertiary/aromatic N) is 2. The fourth-order valence-corrected chi connectivity index (χ4v) is 6.49. The maximum Gasteiger partial charge on any atom is 0.352 e. The minimum Gasteiger partial charge on any atom is -0.432 e. The summed E-state index contributed by atoms with van der Waals surface area (Å²) in [6.07, 6.45) is 4.07. The predicted molar refractivity (Wildman–Crippen MR) is 158 cm³/mol. The van der Waals surface area contributed by atoms with Crippen molar-refractivity contribution in [3.63, 3.8) is 0 Å². The molecule has 39 heavy (non-hydrogen) atoms. The standard InChI is InChI=1S/C30H42N2O5S.ClH/c1-5-27(33)36-21(3)37-30(35)28-25(19-26(38-28)22-9-7-6-8-10-22)32(24-15-17-31(4)18-16-24)29(34)23-13-11-20(2)12-14-23;/h6-10,19-21,23-24,27,33H,5,11-18H2,1-4H3;1H. The summed E-state index contributed by atoms with van der Waals surface area (Å²) in [7, 11) is 2.11. The summed E-state index contributed by atoms with van der Waals surface area (Å²) >= 11 is 1.35. The zero-order valence-corrected chi connectivity index (χ0v) is 25.1. The van der Waals surface area contributed by atoms with Gasteiger partial charge in [-0.15, -0.1) is 23.7 Å². The molecular weight excluding hydrogens is 536 g/mol. The van der Waals surface area contributed by atoms with Crippen LogP contribution < -0.4 is 4.90 Å². The van der Waals surface area contributed by atoms with Gasteiger partial charge in [0, 0.05) is 16.8 Å². The lowest BCUT2D eigenvalue weighted by atomic mass is 9.82. The molecule has 9 heteroatoms. The quantitative estimate of drug-likeness (QED) is 0.276. The number of thiophene rings is 1. The summed E-state index contributed by atoms with van der Waals surface area (Å²) in [6, 6.07) is 11.9. The molecular formula is C30H43ClN2O5S. The van der Waals surface area contributed by atoms with Crippen molar-refractivity contribution in [2.45, 2.75) is 84.3 Å². The highest BCUT2D eigenvalue weighted by atomic mass is 35.5. The summed E-state index contributed by atoms with van der Waals surface area (Å²) in [6.45, 7) is 7.47. The number of aliphatic hydroxyl groups excluding tert-OH is 1. The Morgan fingerprint density at radius 3 is 2.36 bits per heavy atom. The third-order valence-corrected chi connectivity index (χ3v) is 9.00. The van der Waals surface area contributed by atoms with Gasteiger partial charge in [-0.3, -0.25) is 4.79 Å². The van der Waals surface area contributed by atoms with Crippen LogP contribution in [0.1, 0.15) is 75.4 Å². The second kappa shape index (κ2) is 14.6. The van der Waals surface area contributed by atoms with Gasteiger partial charge >= 0.3 is 5.97 Å². The van der Waals surface area contributed by atoms with Gasteiger partial charge in [0.25, 0.3) is 0 Å². The zero-order valence-electron chi connectivity index (χ0n) is 23.5. The van der Waals surface area contributed by atoms with E-state index in [1.165, 1.54) is 11.3 Å². The number of carbonyl (C=O) groups excluding carboxylic acids is 2. The van der Waals surface area contributed by atoms with E-state index in [-0.39, 0.29) is 30.3 Å². The van der Waals surface area contributed by atoms with Crippen LogP contribution in [-0.4, -0.2) is 60.6 Å². The van der Waals surface area contributed by atoms with E-state index in [2.05, 4.69) is 18.9 Å². The van der Waals surface area contributed by atoms with Crippen LogP contribution in [0.25, 0.3) is 10.4 Å². The molecule has 2 atom stereocenters. The van der Waals surface area contributed by atoms with Gasteiger partial charge in [0.2, 0.25) is 12.2 Å². The number of piperidine rings is 1. The van der Waals surface area contributed by atoms with Crippen LogP contribution in [0, 0.1) is 11.8 Å². The summed E-state index contributed by atoms with van der Waals surface area (Å²) in [4.78, 5) is 33.3. The number of hydrogen-bond acceptors (Lipinski definition) is 7. The lowest BCUT2D eigenvalue weighted by molar-refractivity contribution is -0.200. The Balaban J connectivity index is 0.00000420. The molecule has 1 N–H and O–H groups in total. The minimum absolute atomic E-state index is 0. The molecule has 1 aromatic heterocycles. The molecule has 0 bridgehead atoms. The molecule has 0 spiro atoms. The van der Waals surface area contributed by atoms with Gasteiger partial charge in [0.05, 0.1) is 5.69 Å². The second-order valence-corrected chi connectivity index (χ2v) is 11.9. The average Bonchev–Trinajstić information content (AvgIpc) is 3.36. The highest BCUT2D eigenvalue weighted by Gasteiger charge is 2.37. The Kier molecular flexibility index (Phi) is 11.8. The number of carbonyl (C=O) groups is 2. The Labute approximate surface area is 242 Å². The predicted octanol–water partition coefficient (Wildman–Crippen LogP) is 6.34. The molecule has 216 valence electrons. The number of ether oxygens (including phenoxy) is 2. The molecule has 1 aliphatic heterocycles. The van der Waals surface area contributed by atoms with E-state index in [9.17, 15) is 14.7 Å². The Bertz CT molecular complexity index is 1060. The highest BCUT2D eigenvalue weighted by Crippen LogP contribution is 2.41. The molecule has 1 saturated carbocycles. The van der Waals surface area contributed by atoms with Crippen LogP contribution in [0.15, 0.2) is 36.4 Å². The van der Waals surface area contributed by atoms with Crippen molar-refractivity contribution in [1.82, 2.24) is 4.90 Å². The van der Waals surface area contributed by atoms with Crippen molar-refractivity contribution < 1.29 is 24.2 Å². The molecule has 4 rings (SSSR count). The Hall–Kier alpha value is -1.97. The van der Waals surface area contributed by atoms with Crippen LogP contribution in [0.2, 0.25) is 0 Å². The lowest BCUT2D eigenvalue weighted by Crippen LogP contribution is -2.49. The van der Waals surface area contributed by atoms with Gasteiger partial charge in [0.15, 0.2) is 6.29 Å². The number of hydrogen-bond donors (Lipinski definition) is 1. The minimum atomic E-state index is -1.01. The first-order valence-corrected chi connectivity index (χ1v) is 14.8. The smallest absolute Gasteiger partial charge is 0.352 e. The van der Waals surface area contributed by atoms with E-state index in [1.807, 2.05) is 41.3 Å². The van der Waals surface area contributed by atoms with Crippen LogP contribution in [0.4, 0.5) is 5.69 Å². The first-order valence-electron chi connectivity index (χ1n) is 14.0. The molecule has 0 radical (unpaired) electrons. The zero-order chi connectivity index (χ0) is 27.2. The second-order valence-electron chi connectivity index (χ2n) is 10.9. The molecule has 1 saturated heterocycles. The van der Waals surface area contributed by atoms with Crippen molar-refractivity contribution >= 4 is 41.3 Å². The van der Waals surface area contributed by atoms with Gasteiger partial charge in [0.1, 0.15) is 4.88 Å². The number of halogens is 1. The number of esters is 1. The molecule has 2 fully saturated rings. The van der Waals surface area contributed by atoms with Crippen LogP contribution in [0.5, 0.6) is 0 Å². The monoisotopic (exact) mass is 578 g/mol. The van der Waals surface area contributed by atoms with E-state index in [0.29, 0.717) is 22.9 Å². The third-order valence-electron chi connectivity index (χ3n) is 7.84. The molecule has 2 heterocycles. The fraction of sp³-hybridized carbons (Fsp3) is 0.600. The van der Waals surface area contributed by atoms with E-state index in [1.54, 1.807) is 13.8 Å². The number of likely N-dealkylation sites (tertiary alicyclic amines) is 1. The van der Waals surface area contributed by atoms with Gasteiger partial charge in [-0.1, -0.05) is 44.2 Å². The molecule has 2 aromatic rings. The van der Waals surface area contributed by atoms with Crippen LogP contribution in [0.3, 0.4) is 0 Å². The number of amides is 1. The van der Waals surface area contributed by atoms with E-state index in [4.69, 9.17) is 9.47 Å². The van der Waals surface area contributed by atoms with Crippen LogP contribution in [-0.2, 0) is 14.3 Å². The summed E-state index contributed by atoms with van der Waals surface area (Å²) in [5, 5.41) is 9.87. The fourth-order valence-electron chi connectivity index (χ4n) is 5.45. The normalized spacial score (nSPS) is 22.0. The maximum atomic E-state index is 14.2. The number of aliphatic hydroxyl groups is 1. The molecule has 7 nitrogen and oxygen atoms in total. The molecule has 1 aliphatic carbocycles. The maximum absolute atomic E-state index is 14.2. The van der Waals surface area contributed by atoms with Crippen molar-refractivity contribution in [3.8, 4) is 10.4 Å². The summed E-state index contributed by atoms with van der Waals surface area (Å²) in [5.74, 6) is 0.207. The van der Waals surface area contributed by atoms with E-state index < -0.39 is 18.5 Å². The molecule has 1 amide bonds. The third kappa shape index (κ3) is 8.04. The number of benzene rings is 1. The van der Waals surface area contributed by atoms with Gasteiger partial charge in [-0.25, -0.2) is 4.79 Å². The van der Waals surface area contributed by atoms with Crippen molar-refractivity contribution in [1.29, 1.82) is 0 Å². The lowest BCUT2D eigenvalue weighted by Gasteiger charge is -2.40. The van der Waals surface area contributed by atoms with Gasteiger partial charge in [-0.2, -0.15) is 0 Å². The summed E-state index contributed by atoms with van der Waals surface area (Å²) < 4.78 is 11.0. The number of rotatable bonds is 9. The van der Waals surface area contributed by atoms with Crippen molar-refractivity contribution in [2.24, 2.45) is 11.8 Å². The van der Waals surface area contributed by atoms with Crippen molar-refractivity contribution in [3.05, 3.63) is 41.3 Å². The first kappa shape index (κ1) is 31.6. The molecule has 2 unspecified atom stereocenters. The van der Waals surface area contributed by atoms with Gasteiger partial charge in [-0.05, 0) is 89.6 Å². The molecule has 2 aliphatic rings. The Morgan fingerprint density at radius 2 is 1.74 bits per heavy atom. The van der Waals surface area contributed by atoms with Crippen LogP contribution >= 0.6 is 23.7 Å². The van der Waals surface area contributed by atoms with E-state index >= 15 is 0 Å².